The molecule has 2 aromatic carbocycles. The minimum Gasteiger partial charge on any atom is -0.365 e. The molecule has 0 unspecified atom stereocenters. The zero-order chi connectivity index (χ0) is 21.0. The van der Waals surface area contributed by atoms with Crippen LogP contribution in [0.2, 0.25) is 0 Å². The lowest BCUT2D eigenvalue weighted by atomic mass is 10.2. The Kier molecular flexibility index (Phi) is 6.03. The fourth-order valence-corrected chi connectivity index (χ4v) is 3.70. The number of nitrogens with zero attached hydrogens (tertiary/aromatic N) is 4. The van der Waals surface area contributed by atoms with Crippen molar-refractivity contribution in [2.24, 2.45) is 0 Å². The molecule has 0 spiro atoms. The summed E-state index contributed by atoms with van der Waals surface area (Å²) >= 11 is 0. The first-order valence-corrected chi connectivity index (χ1v) is 10.1. The molecule has 0 aliphatic carbocycles. The third-order valence-corrected chi connectivity index (χ3v) is 5.17. The molecule has 0 atom stereocenters. The quantitative estimate of drug-likeness (QED) is 0.673. The Hall–Kier alpha value is -2.87. The number of para-hydroxylation sites is 1. The van der Waals surface area contributed by atoms with Gasteiger partial charge in [0.2, 0.25) is 5.95 Å². The average molecular weight is 415 g/mol. The van der Waals surface area contributed by atoms with E-state index >= 15 is 0 Å². The van der Waals surface area contributed by atoms with Crippen LogP contribution in [0.4, 0.5) is 24.9 Å². The summed E-state index contributed by atoms with van der Waals surface area (Å²) in [5, 5.41) is 4.32. The van der Waals surface area contributed by atoms with Gasteiger partial charge in [-0.05, 0) is 24.1 Å². The highest BCUT2D eigenvalue weighted by Gasteiger charge is 2.31. The lowest BCUT2D eigenvalue weighted by Crippen LogP contribution is -2.37. The second kappa shape index (κ2) is 8.87. The highest BCUT2D eigenvalue weighted by molar-refractivity contribution is 5.90. The second-order valence-corrected chi connectivity index (χ2v) is 7.46. The van der Waals surface area contributed by atoms with Crippen LogP contribution in [0, 0.1) is 0 Å². The zero-order valence-corrected chi connectivity index (χ0v) is 16.6. The van der Waals surface area contributed by atoms with E-state index in [1.54, 1.807) is 0 Å². The molecule has 5 nitrogen and oxygen atoms in total. The highest BCUT2D eigenvalue weighted by Crippen LogP contribution is 2.25. The number of nitrogens with one attached hydrogen (secondary N) is 1. The maximum atomic E-state index is 12.8. The van der Waals surface area contributed by atoms with Crippen molar-refractivity contribution >= 4 is 22.7 Å². The molecule has 0 bridgehead atoms. The molecular weight excluding hydrogens is 391 g/mol. The first kappa shape index (κ1) is 20.4. The molecule has 1 saturated heterocycles. The fraction of sp³-hybridized carbons (Fsp3) is 0.364. The Balaban J connectivity index is 1.55. The summed E-state index contributed by atoms with van der Waals surface area (Å²) in [6, 6.07) is 17.8. The largest absolute Gasteiger partial charge is 0.401 e. The number of rotatable bonds is 5. The second-order valence-electron chi connectivity index (χ2n) is 7.46. The molecule has 1 aliphatic rings. The Labute approximate surface area is 173 Å². The van der Waals surface area contributed by atoms with Crippen LogP contribution in [-0.2, 0) is 6.54 Å². The van der Waals surface area contributed by atoms with Gasteiger partial charge in [0.05, 0.1) is 12.1 Å². The van der Waals surface area contributed by atoms with Gasteiger partial charge in [0.25, 0.3) is 0 Å². The summed E-state index contributed by atoms with van der Waals surface area (Å²) < 4.78 is 38.3. The number of aromatic nitrogens is 2. The summed E-state index contributed by atoms with van der Waals surface area (Å²) in [4.78, 5) is 12.9. The van der Waals surface area contributed by atoms with Crippen LogP contribution in [-0.4, -0.2) is 53.8 Å². The SMILES string of the molecule is FC(F)(F)CN1CCCN(c2nc(NCc3ccccc3)c3ccccc3n2)CC1. The van der Waals surface area contributed by atoms with Crippen molar-refractivity contribution in [2.75, 3.05) is 42.9 Å². The molecule has 0 amide bonds. The molecular formula is C22H24F3N5. The van der Waals surface area contributed by atoms with Crippen LogP contribution in [0.5, 0.6) is 0 Å². The van der Waals surface area contributed by atoms with Crippen LogP contribution in [0.25, 0.3) is 10.9 Å². The number of hydrogen-bond donors (Lipinski definition) is 1. The summed E-state index contributed by atoms with van der Waals surface area (Å²) in [6.45, 7) is 1.60. The predicted molar refractivity (Wildman–Crippen MR) is 113 cm³/mol. The van der Waals surface area contributed by atoms with E-state index in [9.17, 15) is 13.2 Å². The minimum atomic E-state index is -4.18. The van der Waals surface area contributed by atoms with Gasteiger partial charge in [-0.2, -0.15) is 18.2 Å². The van der Waals surface area contributed by atoms with Gasteiger partial charge in [-0.25, -0.2) is 4.98 Å². The molecule has 0 radical (unpaired) electrons. The minimum absolute atomic E-state index is 0.336. The fourth-order valence-electron chi connectivity index (χ4n) is 3.70. The Bertz CT molecular complexity index is 977. The van der Waals surface area contributed by atoms with E-state index in [1.165, 1.54) is 4.90 Å². The molecule has 4 rings (SSSR count). The number of alkyl halides is 3. The van der Waals surface area contributed by atoms with Crippen molar-refractivity contribution in [3.05, 3.63) is 60.2 Å². The normalized spacial score (nSPS) is 15.9. The van der Waals surface area contributed by atoms with Crippen LogP contribution >= 0.6 is 0 Å². The molecule has 30 heavy (non-hydrogen) atoms. The van der Waals surface area contributed by atoms with Crippen molar-refractivity contribution in [2.45, 2.75) is 19.1 Å². The molecule has 3 aromatic rings. The average Bonchev–Trinajstić information content (AvgIpc) is 2.97. The first-order valence-electron chi connectivity index (χ1n) is 10.1. The monoisotopic (exact) mass is 415 g/mol. The molecule has 1 aliphatic heterocycles. The zero-order valence-electron chi connectivity index (χ0n) is 16.6. The van der Waals surface area contributed by atoms with E-state index in [0.29, 0.717) is 45.1 Å². The maximum absolute atomic E-state index is 12.8. The third-order valence-electron chi connectivity index (χ3n) is 5.17. The van der Waals surface area contributed by atoms with Crippen LogP contribution in [0.3, 0.4) is 0 Å². The Morgan fingerprint density at radius 2 is 1.63 bits per heavy atom. The van der Waals surface area contributed by atoms with Gasteiger partial charge in [-0.1, -0.05) is 42.5 Å². The number of hydrogen-bond acceptors (Lipinski definition) is 5. The van der Waals surface area contributed by atoms with E-state index in [4.69, 9.17) is 4.98 Å². The topological polar surface area (TPSA) is 44.3 Å². The maximum Gasteiger partial charge on any atom is 0.401 e. The summed E-state index contributed by atoms with van der Waals surface area (Å²) in [7, 11) is 0. The molecule has 1 N–H and O–H groups in total. The summed E-state index contributed by atoms with van der Waals surface area (Å²) in [6.07, 6.45) is -3.54. The van der Waals surface area contributed by atoms with E-state index in [-0.39, 0.29) is 0 Å². The van der Waals surface area contributed by atoms with Crippen LogP contribution < -0.4 is 10.2 Å². The van der Waals surface area contributed by atoms with Gasteiger partial charge in [0.15, 0.2) is 0 Å². The van der Waals surface area contributed by atoms with Crippen molar-refractivity contribution in [3.63, 3.8) is 0 Å². The number of fused-ring (bicyclic) bond motifs is 1. The first-order chi connectivity index (χ1) is 14.5. The van der Waals surface area contributed by atoms with Crippen molar-refractivity contribution < 1.29 is 13.2 Å². The highest BCUT2D eigenvalue weighted by atomic mass is 19.4. The lowest BCUT2D eigenvalue weighted by molar-refractivity contribution is -0.145. The standard InChI is InChI=1S/C22H24F3N5/c23-22(24,25)16-29-11-6-12-30(14-13-29)21-27-19-10-5-4-9-18(19)20(28-21)26-15-17-7-2-1-3-8-17/h1-5,7-10H,6,11-16H2,(H,26,27,28). The van der Waals surface area contributed by atoms with Gasteiger partial charge >= 0.3 is 6.18 Å². The predicted octanol–water partition coefficient (Wildman–Crippen LogP) is 4.32. The molecule has 1 fully saturated rings. The number of halogens is 3. The molecule has 158 valence electrons. The smallest absolute Gasteiger partial charge is 0.365 e. The molecule has 2 heterocycles. The summed E-state index contributed by atoms with van der Waals surface area (Å²) in [5.41, 5.74) is 1.95. The van der Waals surface area contributed by atoms with Crippen LogP contribution in [0.15, 0.2) is 54.6 Å². The third kappa shape index (κ3) is 5.18. The van der Waals surface area contributed by atoms with Gasteiger partial charge in [-0.15, -0.1) is 0 Å². The van der Waals surface area contributed by atoms with Crippen molar-refractivity contribution in [1.29, 1.82) is 0 Å². The van der Waals surface area contributed by atoms with E-state index < -0.39 is 12.7 Å². The number of anilines is 2. The number of benzene rings is 2. The van der Waals surface area contributed by atoms with E-state index in [2.05, 4.69) is 10.3 Å². The van der Waals surface area contributed by atoms with E-state index in [1.807, 2.05) is 59.5 Å². The van der Waals surface area contributed by atoms with Gasteiger partial charge in [-0.3, -0.25) is 4.90 Å². The van der Waals surface area contributed by atoms with E-state index in [0.717, 1.165) is 22.3 Å². The summed E-state index contributed by atoms with van der Waals surface area (Å²) in [5.74, 6) is 1.29. The molecule has 0 saturated carbocycles. The van der Waals surface area contributed by atoms with Gasteiger partial charge in [0.1, 0.15) is 5.82 Å². The van der Waals surface area contributed by atoms with Crippen molar-refractivity contribution in [3.8, 4) is 0 Å². The van der Waals surface area contributed by atoms with Crippen LogP contribution in [0.1, 0.15) is 12.0 Å². The Morgan fingerprint density at radius 3 is 2.43 bits per heavy atom. The van der Waals surface area contributed by atoms with Gasteiger partial charge in [0, 0.05) is 38.1 Å². The van der Waals surface area contributed by atoms with Crippen molar-refractivity contribution in [1.82, 2.24) is 14.9 Å². The lowest BCUT2D eigenvalue weighted by Gasteiger charge is -2.23. The molecule has 8 heteroatoms. The Morgan fingerprint density at radius 1 is 0.867 bits per heavy atom. The molecule has 1 aromatic heterocycles. The van der Waals surface area contributed by atoms with Gasteiger partial charge < -0.3 is 10.2 Å².